The molecule has 3 heterocycles. The molecule has 0 unspecified atom stereocenters. The third-order valence-corrected chi connectivity index (χ3v) is 4.26. The van der Waals surface area contributed by atoms with Crippen molar-refractivity contribution in [3.8, 4) is 0 Å². The Kier molecular flexibility index (Phi) is 4.57. The summed E-state index contributed by atoms with van der Waals surface area (Å²) in [4.78, 5) is 19.8. The van der Waals surface area contributed by atoms with Crippen LogP contribution in [0.2, 0.25) is 0 Å². The highest BCUT2D eigenvalue weighted by atomic mass is 16.5. The molecule has 0 aliphatic heterocycles. The van der Waals surface area contributed by atoms with Crippen molar-refractivity contribution in [1.82, 2.24) is 20.4 Å². The highest BCUT2D eigenvalue weighted by molar-refractivity contribution is 5.94. The highest BCUT2D eigenvalue weighted by Gasteiger charge is 2.08. The van der Waals surface area contributed by atoms with Crippen molar-refractivity contribution in [2.75, 3.05) is 11.9 Å². The Labute approximate surface area is 155 Å². The Hall–Kier alpha value is -3.61. The van der Waals surface area contributed by atoms with Crippen LogP contribution in [0.25, 0.3) is 10.9 Å². The number of rotatable bonds is 6. The fourth-order valence-electron chi connectivity index (χ4n) is 2.91. The molecule has 0 radical (unpaired) electrons. The number of benzene rings is 1. The summed E-state index contributed by atoms with van der Waals surface area (Å²) in [6, 6.07) is 13.4. The van der Waals surface area contributed by atoms with Crippen molar-refractivity contribution in [2.45, 2.75) is 13.3 Å². The van der Waals surface area contributed by atoms with Crippen LogP contribution < -0.4 is 10.6 Å². The van der Waals surface area contributed by atoms with Crippen LogP contribution in [0.15, 0.2) is 59.4 Å². The number of hydrogen-bond donors (Lipinski definition) is 3. The molecule has 136 valence electrons. The first-order chi connectivity index (χ1) is 13.2. The summed E-state index contributed by atoms with van der Waals surface area (Å²) >= 11 is 0. The number of aryl methyl sites for hydroxylation is 1. The Morgan fingerprint density at radius 3 is 2.85 bits per heavy atom. The number of aromatic nitrogens is 3. The SMILES string of the molecule is Cc1cc(Nc2ccc(C(=O)NCCc3c[nH]c4ccccc34)cn2)no1. The molecule has 7 nitrogen and oxygen atoms in total. The van der Waals surface area contributed by atoms with E-state index in [-0.39, 0.29) is 5.91 Å². The number of hydrogen-bond acceptors (Lipinski definition) is 5. The number of aromatic amines is 1. The zero-order valence-electron chi connectivity index (χ0n) is 14.8. The number of anilines is 2. The van der Waals surface area contributed by atoms with Gasteiger partial charge in [-0.15, -0.1) is 0 Å². The van der Waals surface area contributed by atoms with Crippen LogP contribution in [0.1, 0.15) is 21.7 Å². The molecule has 0 atom stereocenters. The molecule has 1 amide bonds. The van der Waals surface area contributed by atoms with Crippen molar-refractivity contribution in [3.63, 3.8) is 0 Å². The topological polar surface area (TPSA) is 95.8 Å². The third kappa shape index (κ3) is 3.82. The number of carbonyl (C=O) groups is 1. The molecule has 0 saturated heterocycles. The van der Waals surface area contributed by atoms with Gasteiger partial charge in [-0.3, -0.25) is 4.79 Å². The first-order valence-corrected chi connectivity index (χ1v) is 8.68. The van der Waals surface area contributed by atoms with Crippen LogP contribution in [-0.4, -0.2) is 27.6 Å². The van der Waals surface area contributed by atoms with E-state index >= 15 is 0 Å². The third-order valence-electron chi connectivity index (χ3n) is 4.26. The van der Waals surface area contributed by atoms with Gasteiger partial charge < -0.3 is 20.1 Å². The number of carbonyl (C=O) groups excluding carboxylic acids is 1. The largest absolute Gasteiger partial charge is 0.361 e. The molecule has 0 saturated carbocycles. The average Bonchev–Trinajstić information content (AvgIpc) is 3.28. The van der Waals surface area contributed by atoms with E-state index in [9.17, 15) is 4.79 Å². The predicted molar refractivity (Wildman–Crippen MR) is 103 cm³/mol. The van der Waals surface area contributed by atoms with Gasteiger partial charge in [-0.1, -0.05) is 23.4 Å². The van der Waals surface area contributed by atoms with E-state index in [1.165, 1.54) is 17.1 Å². The average molecular weight is 361 g/mol. The summed E-state index contributed by atoms with van der Waals surface area (Å²) in [7, 11) is 0. The smallest absolute Gasteiger partial charge is 0.252 e. The maximum Gasteiger partial charge on any atom is 0.252 e. The van der Waals surface area contributed by atoms with Crippen LogP contribution in [0.5, 0.6) is 0 Å². The van der Waals surface area contributed by atoms with Crippen molar-refractivity contribution in [1.29, 1.82) is 0 Å². The van der Waals surface area contributed by atoms with Gasteiger partial charge in [0.1, 0.15) is 11.6 Å². The second-order valence-electron chi connectivity index (χ2n) is 6.25. The lowest BCUT2D eigenvalue weighted by Gasteiger charge is -2.06. The van der Waals surface area contributed by atoms with Gasteiger partial charge in [0.15, 0.2) is 5.82 Å². The first-order valence-electron chi connectivity index (χ1n) is 8.68. The predicted octanol–water partition coefficient (Wildman–Crippen LogP) is 3.58. The number of nitrogens with zero attached hydrogens (tertiary/aromatic N) is 2. The second kappa shape index (κ2) is 7.33. The summed E-state index contributed by atoms with van der Waals surface area (Å²) < 4.78 is 4.99. The summed E-state index contributed by atoms with van der Waals surface area (Å²) in [5, 5.41) is 11.0. The highest BCUT2D eigenvalue weighted by Crippen LogP contribution is 2.18. The molecule has 1 aromatic carbocycles. The van der Waals surface area contributed by atoms with Gasteiger partial charge in [0, 0.05) is 35.9 Å². The molecule has 0 fully saturated rings. The van der Waals surface area contributed by atoms with E-state index in [0.29, 0.717) is 29.5 Å². The van der Waals surface area contributed by atoms with Crippen LogP contribution >= 0.6 is 0 Å². The molecule has 7 heteroatoms. The lowest BCUT2D eigenvalue weighted by atomic mass is 10.1. The molecule has 3 aromatic heterocycles. The van der Waals surface area contributed by atoms with Gasteiger partial charge in [0.2, 0.25) is 0 Å². The second-order valence-corrected chi connectivity index (χ2v) is 6.25. The van der Waals surface area contributed by atoms with E-state index < -0.39 is 0 Å². The standard InChI is InChI=1S/C20H19N5O2/c1-13-10-19(25-27-13)24-18-7-6-15(12-23-18)20(26)21-9-8-14-11-22-17-5-3-2-4-16(14)17/h2-7,10-12,22H,8-9H2,1H3,(H,21,26)(H,23,24,25). The van der Waals surface area contributed by atoms with Gasteiger partial charge in [-0.05, 0) is 37.1 Å². The Balaban J connectivity index is 1.33. The first kappa shape index (κ1) is 16.8. The van der Waals surface area contributed by atoms with E-state index in [1.54, 1.807) is 18.2 Å². The van der Waals surface area contributed by atoms with Crippen molar-refractivity contribution in [2.24, 2.45) is 0 Å². The molecule has 4 rings (SSSR count). The Bertz CT molecular complexity index is 1070. The van der Waals surface area contributed by atoms with E-state index in [4.69, 9.17) is 4.52 Å². The van der Waals surface area contributed by atoms with E-state index in [0.717, 1.165) is 11.9 Å². The maximum atomic E-state index is 12.3. The number of amides is 1. The van der Waals surface area contributed by atoms with Crippen molar-refractivity contribution in [3.05, 3.63) is 71.7 Å². The summed E-state index contributed by atoms with van der Waals surface area (Å²) in [5.41, 5.74) is 2.80. The van der Waals surface area contributed by atoms with E-state index in [1.807, 2.05) is 31.3 Å². The normalized spacial score (nSPS) is 10.9. The molecule has 3 N–H and O–H groups in total. The summed E-state index contributed by atoms with van der Waals surface area (Å²) in [5.74, 6) is 1.74. The minimum atomic E-state index is -0.147. The monoisotopic (exact) mass is 361 g/mol. The van der Waals surface area contributed by atoms with Gasteiger partial charge in [-0.25, -0.2) is 4.98 Å². The molecule has 0 aliphatic carbocycles. The lowest BCUT2D eigenvalue weighted by Crippen LogP contribution is -2.25. The number of H-pyrrole nitrogens is 1. The maximum absolute atomic E-state index is 12.3. The molecule has 4 aromatic rings. The summed E-state index contributed by atoms with van der Waals surface area (Å²) in [6.07, 6.45) is 4.29. The van der Waals surface area contributed by atoms with Gasteiger partial charge in [0.05, 0.1) is 5.56 Å². The molecular weight excluding hydrogens is 342 g/mol. The van der Waals surface area contributed by atoms with Crippen LogP contribution in [0.4, 0.5) is 11.6 Å². The van der Waals surface area contributed by atoms with Crippen LogP contribution in [0.3, 0.4) is 0 Å². The minimum absolute atomic E-state index is 0.147. The van der Waals surface area contributed by atoms with Crippen molar-refractivity contribution >= 4 is 28.4 Å². The molecule has 0 bridgehead atoms. The summed E-state index contributed by atoms with van der Waals surface area (Å²) in [6.45, 7) is 2.37. The van der Waals surface area contributed by atoms with E-state index in [2.05, 4.69) is 31.8 Å². The molecule has 27 heavy (non-hydrogen) atoms. The van der Waals surface area contributed by atoms with Gasteiger partial charge >= 0.3 is 0 Å². The van der Waals surface area contributed by atoms with Gasteiger partial charge in [0.25, 0.3) is 5.91 Å². The van der Waals surface area contributed by atoms with Gasteiger partial charge in [-0.2, -0.15) is 0 Å². The number of fused-ring (bicyclic) bond motifs is 1. The molecule has 0 aliphatic rings. The molecule has 0 spiro atoms. The fraction of sp³-hybridized carbons (Fsp3) is 0.150. The number of para-hydroxylation sites is 1. The molecular formula is C20H19N5O2. The number of pyridine rings is 1. The Morgan fingerprint density at radius 2 is 2.07 bits per heavy atom. The fourth-order valence-corrected chi connectivity index (χ4v) is 2.91. The Morgan fingerprint density at radius 1 is 1.19 bits per heavy atom. The minimum Gasteiger partial charge on any atom is -0.361 e. The zero-order valence-corrected chi connectivity index (χ0v) is 14.8. The zero-order chi connectivity index (χ0) is 18.6. The van der Waals surface area contributed by atoms with Crippen LogP contribution in [-0.2, 0) is 6.42 Å². The van der Waals surface area contributed by atoms with Crippen LogP contribution in [0, 0.1) is 6.92 Å². The quantitative estimate of drug-likeness (QED) is 0.488. The van der Waals surface area contributed by atoms with Crippen molar-refractivity contribution < 1.29 is 9.32 Å². The lowest BCUT2D eigenvalue weighted by molar-refractivity contribution is 0.0954. The number of nitrogens with one attached hydrogen (secondary N) is 3.